The van der Waals surface area contributed by atoms with Crippen molar-refractivity contribution in [1.29, 1.82) is 0 Å². The van der Waals surface area contributed by atoms with Crippen molar-refractivity contribution in [3.63, 3.8) is 0 Å². The van der Waals surface area contributed by atoms with Gasteiger partial charge in [-0.3, -0.25) is 4.79 Å². The van der Waals surface area contributed by atoms with Crippen LogP contribution in [0.15, 0.2) is 71.3 Å². The molecule has 0 radical (unpaired) electrons. The molecule has 1 fully saturated rings. The molecule has 1 aliphatic rings. The van der Waals surface area contributed by atoms with E-state index in [1.54, 1.807) is 12.1 Å². The molecular formula is C21H21N3O3. The number of amides is 1. The van der Waals surface area contributed by atoms with Crippen LogP contribution in [-0.4, -0.2) is 32.2 Å². The molecule has 2 aromatic carbocycles. The Balaban J connectivity index is 1.45. The number of furan rings is 1. The van der Waals surface area contributed by atoms with Gasteiger partial charge in [-0.2, -0.15) is 0 Å². The predicted molar refractivity (Wildman–Crippen MR) is 106 cm³/mol. The van der Waals surface area contributed by atoms with Gasteiger partial charge in [0.15, 0.2) is 5.76 Å². The molecule has 6 nitrogen and oxygen atoms in total. The number of carbonyl (C=O) groups is 1. The maximum Gasteiger partial charge on any atom is 0.291 e. The number of rotatable bonds is 5. The number of nitrogens with one attached hydrogen (secondary N) is 2. The van der Waals surface area contributed by atoms with E-state index in [1.165, 1.54) is 6.26 Å². The van der Waals surface area contributed by atoms with Crippen LogP contribution in [0.5, 0.6) is 0 Å². The first-order chi connectivity index (χ1) is 13.3. The number of hydrogen-bond acceptors (Lipinski definition) is 5. The van der Waals surface area contributed by atoms with Crippen molar-refractivity contribution in [3.8, 4) is 0 Å². The van der Waals surface area contributed by atoms with E-state index in [1.807, 2.05) is 36.4 Å². The highest BCUT2D eigenvalue weighted by Crippen LogP contribution is 2.29. The molecule has 0 atom stereocenters. The first-order valence-corrected chi connectivity index (χ1v) is 8.93. The summed E-state index contributed by atoms with van der Waals surface area (Å²) in [6.45, 7) is 3.27. The highest BCUT2D eigenvalue weighted by atomic mass is 16.5. The topological polar surface area (TPSA) is 66.7 Å². The number of anilines is 4. The molecule has 1 aliphatic heterocycles. The smallest absolute Gasteiger partial charge is 0.291 e. The first kappa shape index (κ1) is 17.2. The van der Waals surface area contributed by atoms with Crippen molar-refractivity contribution >= 4 is 28.7 Å². The van der Waals surface area contributed by atoms with E-state index in [9.17, 15) is 4.79 Å². The first-order valence-electron chi connectivity index (χ1n) is 8.93. The predicted octanol–water partition coefficient (Wildman–Crippen LogP) is 4.11. The van der Waals surface area contributed by atoms with Crippen LogP contribution in [0.1, 0.15) is 10.6 Å². The third-order valence-electron chi connectivity index (χ3n) is 4.42. The molecule has 1 saturated heterocycles. The molecule has 0 bridgehead atoms. The lowest BCUT2D eigenvalue weighted by atomic mass is 10.2. The zero-order valence-corrected chi connectivity index (χ0v) is 14.9. The lowest BCUT2D eigenvalue weighted by Crippen LogP contribution is -2.36. The number of ether oxygens (including phenoxy) is 1. The second kappa shape index (κ2) is 7.97. The van der Waals surface area contributed by atoms with Gasteiger partial charge in [0.05, 0.1) is 30.9 Å². The van der Waals surface area contributed by atoms with Crippen LogP contribution in [0.25, 0.3) is 0 Å². The Hall–Kier alpha value is -3.25. The Labute approximate surface area is 157 Å². The van der Waals surface area contributed by atoms with Crippen molar-refractivity contribution in [1.82, 2.24) is 0 Å². The fraction of sp³-hybridized carbons (Fsp3) is 0.190. The lowest BCUT2D eigenvalue weighted by Gasteiger charge is -2.30. The molecule has 0 aliphatic carbocycles. The Morgan fingerprint density at radius 1 is 0.889 bits per heavy atom. The molecule has 0 unspecified atom stereocenters. The van der Waals surface area contributed by atoms with Crippen LogP contribution in [0.3, 0.4) is 0 Å². The number of hydrogen-bond donors (Lipinski definition) is 2. The van der Waals surface area contributed by atoms with Gasteiger partial charge in [0.1, 0.15) is 0 Å². The summed E-state index contributed by atoms with van der Waals surface area (Å²) in [5, 5.41) is 6.28. The van der Waals surface area contributed by atoms with E-state index >= 15 is 0 Å². The number of nitrogens with zero attached hydrogens (tertiary/aromatic N) is 1. The van der Waals surface area contributed by atoms with Gasteiger partial charge in [-0.25, -0.2) is 0 Å². The van der Waals surface area contributed by atoms with Crippen molar-refractivity contribution in [2.45, 2.75) is 0 Å². The average molecular weight is 363 g/mol. The zero-order chi connectivity index (χ0) is 18.5. The van der Waals surface area contributed by atoms with Gasteiger partial charge in [0.2, 0.25) is 0 Å². The quantitative estimate of drug-likeness (QED) is 0.714. The van der Waals surface area contributed by atoms with E-state index in [0.717, 1.165) is 43.4 Å². The van der Waals surface area contributed by atoms with Crippen LogP contribution < -0.4 is 15.5 Å². The van der Waals surface area contributed by atoms with E-state index in [4.69, 9.17) is 9.15 Å². The number of para-hydroxylation sites is 2. The fourth-order valence-electron chi connectivity index (χ4n) is 3.05. The Kier molecular flexibility index (Phi) is 5.07. The average Bonchev–Trinajstić information content (AvgIpc) is 3.26. The van der Waals surface area contributed by atoms with E-state index in [-0.39, 0.29) is 11.7 Å². The van der Waals surface area contributed by atoms with Gasteiger partial charge in [0, 0.05) is 24.5 Å². The molecule has 2 N–H and O–H groups in total. The van der Waals surface area contributed by atoms with E-state index in [2.05, 4.69) is 27.7 Å². The molecule has 27 heavy (non-hydrogen) atoms. The summed E-state index contributed by atoms with van der Waals surface area (Å²) in [6.07, 6.45) is 1.48. The minimum absolute atomic E-state index is 0.265. The standard InChI is InChI=1S/C21H21N3O3/c25-21(20-6-3-13-27-20)23-17-9-7-16(8-10-17)22-18-4-1-2-5-19(18)24-11-14-26-15-12-24/h1-10,13,22H,11-12,14-15H2,(H,23,25). The zero-order valence-electron chi connectivity index (χ0n) is 14.9. The summed E-state index contributed by atoms with van der Waals surface area (Å²) in [7, 11) is 0. The molecule has 4 rings (SSSR count). The van der Waals surface area contributed by atoms with Gasteiger partial charge < -0.3 is 24.7 Å². The van der Waals surface area contributed by atoms with Crippen molar-refractivity contribution < 1.29 is 13.9 Å². The number of carbonyl (C=O) groups excluding carboxylic acids is 1. The largest absolute Gasteiger partial charge is 0.459 e. The molecule has 1 aromatic heterocycles. The summed E-state index contributed by atoms with van der Waals surface area (Å²) < 4.78 is 10.6. The van der Waals surface area contributed by atoms with Crippen molar-refractivity contribution in [2.24, 2.45) is 0 Å². The maximum absolute atomic E-state index is 12.0. The van der Waals surface area contributed by atoms with E-state index < -0.39 is 0 Å². The van der Waals surface area contributed by atoms with Gasteiger partial charge in [0.25, 0.3) is 5.91 Å². The highest BCUT2D eigenvalue weighted by molar-refractivity contribution is 6.02. The lowest BCUT2D eigenvalue weighted by molar-refractivity contribution is 0.0996. The van der Waals surface area contributed by atoms with Crippen LogP contribution in [0, 0.1) is 0 Å². The van der Waals surface area contributed by atoms with Crippen LogP contribution in [-0.2, 0) is 4.74 Å². The van der Waals surface area contributed by atoms with Crippen LogP contribution in [0.4, 0.5) is 22.7 Å². The van der Waals surface area contributed by atoms with Crippen LogP contribution >= 0.6 is 0 Å². The molecule has 2 heterocycles. The summed E-state index contributed by atoms with van der Waals surface area (Å²) in [4.78, 5) is 14.4. The second-order valence-electron chi connectivity index (χ2n) is 6.25. The Morgan fingerprint density at radius 2 is 1.63 bits per heavy atom. The number of benzene rings is 2. The van der Waals surface area contributed by atoms with Crippen LogP contribution in [0.2, 0.25) is 0 Å². The monoisotopic (exact) mass is 363 g/mol. The maximum atomic E-state index is 12.0. The van der Waals surface area contributed by atoms with Gasteiger partial charge in [-0.1, -0.05) is 12.1 Å². The van der Waals surface area contributed by atoms with Gasteiger partial charge in [-0.15, -0.1) is 0 Å². The third kappa shape index (κ3) is 4.12. The Morgan fingerprint density at radius 3 is 2.37 bits per heavy atom. The van der Waals surface area contributed by atoms with Gasteiger partial charge >= 0.3 is 0 Å². The molecule has 0 spiro atoms. The minimum atomic E-state index is -0.265. The molecule has 1 amide bonds. The van der Waals surface area contributed by atoms with Crippen molar-refractivity contribution in [2.75, 3.05) is 41.8 Å². The highest BCUT2D eigenvalue weighted by Gasteiger charge is 2.14. The Bertz CT molecular complexity index is 885. The normalized spacial score (nSPS) is 14.0. The van der Waals surface area contributed by atoms with E-state index in [0.29, 0.717) is 5.69 Å². The summed E-state index contributed by atoms with van der Waals surface area (Å²) in [5.41, 5.74) is 3.87. The fourth-order valence-corrected chi connectivity index (χ4v) is 3.05. The SMILES string of the molecule is O=C(Nc1ccc(Nc2ccccc2N2CCOCC2)cc1)c1ccco1. The molecule has 0 saturated carbocycles. The summed E-state index contributed by atoms with van der Waals surface area (Å²) in [6, 6.07) is 19.2. The summed E-state index contributed by atoms with van der Waals surface area (Å²) in [5.74, 6) is 0.0232. The molecule has 3 aromatic rings. The van der Waals surface area contributed by atoms with Gasteiger partial charge in [-0.05, 0) is 48.5 Å². The molecule has 6 heteroatoms. The molecule has 138 valence electrons. The third-order valence-corrected chi connectivity index (χ3v) is 4.42. The minimum Gasteiger partial charge on any atom is -0.459 e. The number of morpholine rings is 1. The summed E-state index contributed by atoms with van der Waals surface area (Å²) >= 11 is 0. The molecular weight excluding hydrogens is 342 g/mol. The van der Waals surface area contributed by atoms with Crippen molar-refractivity contribution in [3.05, 3.63) is 72.7 Å². The second-order valence-corrected chi connectivity index (χ2v) is 6.25.